The van der Waals surface area contributed by atoms with Crippen LogP contribution >= 0.6 is 0 Å². The summed E-state index contributed by atoms with van der Waals surface area (Å²) in [4.78, 5) is 37.8. The second kappa shape index (κ2) is 15.4. The molecule has 0 unspecified atom stereocenters. The van der Waals surface area contributed by atoms with Gasteiger partial charge in [-0.1, -0.05) is 91.0 Å². The number of nitrogens with two attached hydrogens (primary N) is 3. The van der Waals surface area contributed by atoms with Gasteiger partial charge >= 0.3 is 17.9 Å². The van der Waals surface area contributed by atoms with Crippen molar-refractivity contribution in [3.05, 3.63) is 108 Å². The van der Waals surface area contributed by atoms with Crippen LogP contribution in [0.25, 0.3) is 0 Å². The summed E-state index contributed by atoms with van der Waals surface area (Å²) in [5.41, 5.74) is 20.7. The standard InChI is InChI=1S/C30H35N3O6/c31-25(16-21-10-4-1-5-11-21)28(34)37-19-24(39-30(36)27(33)18-23-14-8-3-9-15-23)20-38-29(35)26(32)17-22-12-6-2-7-13-22/h1-15,24-27H,16-20,31-33H2/t25-,26-,27-/m0/s1. The first-order valence-corrected chi connectivity index (χ1v) is 12.7. The first-order chi connectivity index (χ1) is 18.8. The molecule has 3 rings (SSSR count). The van der Waals surface area contributed by atoms with Crippen molar-refractivity contribution in [1.29, 1.82) is 0 Å². The minimum atomic E-state index is -1.10. The molecule has 39 heavy (non-hydrogen) atoms. The monoisotopic (exact) mass is 533 g/mol. The van der Waals surface area contributed by atoms with Gasteiger partial charge in [-0.2, -0.15) is 0 Å². The summed E-state index contributed by atoms with van der Waals surface area (Å²) in [6, 6.07) is 24.9. The summed E-state index contributed by atoms with van der Waals surface area (Å²) in [5.74, 6) is -2.08. The number of rotatable bonds is 14. The van der Waals surface area contributed by atoms with Crippen LogP contribution in [-0.2, 0) is 47.9 Å². The Kier molecular flexibility index (Phi) is 11.6. The lowest BCUT2D eigenvalue weighted by molar-refractivity contribution is -0.168. The van der Waals surface area contributed by atoms with E-state index >= 15 is 0 Å². The lowest BCUT2D eigenvalue weighted by atomic mass is 10.1. The summed E-state index contributed by atoms with van der Waals surface area (Å²) in [6.07, 6.45) is -0.305. The Bertz CT molecular complexity index is 1110. The normalized spacial score (nSPS) is 13.2. The quantitative estimate of drug-likeness (QED) is 0.207. The average molecular weight is 534 g/mol. The lowest BCUT2D eigenvalue weighted by Gasteiger charge is -2.22. The van der Waals surface area contributed by atoms with E-state index in [1.165, 1.54) is 0 Å². The molecule has 0 heterocycles. The topological polar surface area (TPSA) is 157 Å². The van der Waals surface area contributed by atoms with Crippen molar-refractivity contribution in [3.8, 4) is 0 Å². The van der Waals surface area contributed by atoms with Crippen molar-refractivity contribution < 1.29 is 28.6 Å². The van der Waals surface area contributed by atoms with Gasteiger partial charge in [0, 0.05) is 0 Å². The van der Waals surface area contributed by atoms with Crippen LogP contribution in [0.5, 0.6) is 0 Å². The van der Waals surface area contributed by atoms with Crippen molar-refractivity contribution in [1.82, 2.24) is 0 Å². The Morgan fingerprint density at radius 1 is 0.513 bits per heavy atom. The molecular weight excluding hydrogens is 498 g/mol. The smallest absolute Gasteiger partial charge is 0.323 e. The summed E-state index contributed by atoms with van der Waals surface area (Å²) in [5, 5.41) is 0. The Hall–Kier alpha value is -4.05. The molecule has 0 amide bonds. The fraction of sp³-hybridized carbons (Fsp3) is 0.300. The van der Waals surface area contributed by atoms with Gasteiger partial charge in [0.05, 0.1) is 0 Å². The molecule has 9 nitrogen and oxygen atoms in total. The zero-order valence-corrected chi connectivity index (χ0v) is 21.7. The molecule has 0 radical (unpaired) electrons. The Balaban J connectivity index is 1.57. The van der Waals surface area contributed by atoms with Crippen molar-refractivity contribution >= 4 is 17.9 Å². The van der Waals surface area contributed by atoms with Crippen LogP contribution in [0, 0.1) is 0 Å². The van der Waals surface area contributed by atoms with Gasteiger partial charge < -0.3 is 31.4 Å². The van der Waals surface area contributed by atoms with E-state index in [0.29, 0.717) is 0 Å². The van der Waals surface area contributed by atoms with Crippen molar-refractivity contribution in [3.63, 3.8) is 0 Å². The molecule has 0 spiro atoms. The van der Waals surface area contributed by atoms with Crippen molar-refractivity contribution in [2.24, 2.45) is 17.2 Å². The van der Waals surface area contributed by atoms with E-state index in [4.69, 9.17) is 31.4 Å². The van der Waals surface area contributed by atoms with Crippen LogP contribution in [0.4, 0.5) is 0 Å². The molecule has 0 fully saturated rings. The van der Waals surface area contributed by atoms with Crippen LogP contribution in [0.15, 0.2) is 91.0 Å². The molecule has 6 N–H and O–H groups in total. The van der Waals surface area contributed by atoms with Crippen molar-refractivity contribution in [2.45, 2.75) is 43.5 Å². The summed E-state index contributed by atoms with van der Waals surface area (Å²) < 4.78 is 16.1. The van der Waals surface area contributed by atoms with Crippen LogP contribution in [0.2, 0.25) is 0 Å². The SMILES string of the molecule is N[C@@H](Cc1ccccc1)C(=O)OCC(COC(=O)[C@@H](N)Cc1ccccc1)OC(=O)[C@@H](N)Cc1ccccc1. The minimum absolute atomic E-state index is 0.246. The van der Waals surface area contributed by atoms with Crippen LogP contribution < -0.4 is 17.2 Å². The molecular formula is C30H35N3O6. The Labute approximate surface area is 228 Å². The van der Waals surface area contributed by atoms with E-state index in [9.17, 15) is 14.4 Å². The highest BCUT2D eigenvalue weighted by Gasteiger charge is 2.26. The van der Waals surface area contributed by atoms with Crippen molar-refractivity contribution in [2.75, 3.05) is 13.2 Å². The average Bonchev–Trinajstić information content (AvgIpc) is 2.95. The molecule has 0 aliphatic carbocycles. The van der Waals surface area contributed by atoms with Gasteiger partial charge in [-0.3, -0.25) is 14.4 Å². The fourth-order valence-electron chi connectivity index (χ4n) is 3.79. The number of benzene rings is 3. The maximum atomic E-state index is 12.7. The molecule has 3 aromatic rings. The maximum absolute atomic E-state index is 12.7. The van der Waals surface area contributed by atoms with Gasteiger partial charge in [0.1, 0.15) is 31.3 Å². The number of esters is 3. The molecule has 206 valence electrons. The molecule has 9 heteroatoms. The molecule has 3 atom stereocenters. The van der Waals surface area contributed by atoms with Crippen LogP contribution in [0.1, 0.15) is 16.7 Å². The highest BCUT2D eigenvalue weighted by Crippen LogP contribution is 2.08. The Morgan fingerprint density at radius 2 is 0.821 bits per heavy atom. The molecule has 0 saturated carbocycles. The number of carbonyl (C=O) groups is 3. The second-order valence-corrected chi connectivity index (χ2v) is 9.21. The van der Waals surface area contributed by atoms with Gasteiger partial charge in [0.15, 0.2) is 6.10 Å². The van der Waals surface area contributed by atoms with Crippen LogP contribution in [0.3, 0.4) is 0 Å². The van der Waals surface area contributed by atoms with Gasteiger partial charge in [-0.25, -0.2) is 0 Å². The van der Waals surface area contributed by atoms with E-state index in [1.54, 1.807) is 0 Å². The molecule has 0 bridgehead atoms. The first-order valence-electron chi connectivity index (χ1n) is 12.7. The van der Waals surface area contributed by atoms with Gasteiger partial charge in [0.2, 0.25) is 0 Å². The van der Waals surface area contributed by atoms with E-state index in [2.05, 4.69) is 0 Å². The van der Waals surface area contributed by atoms with E-state index < -0.39 is 42.1 Å². The van der Waals surface area contributed by atoms with E-state index in [0.717, 1.165) is 16.7 Å². The van der Waals surface area contributed by atoms with Gasteiger partial charge in [-0.05, 0) is 36.0 Å². The minimum Gasteiger partial charge on any atom is -0.460 e. The summed E-state index contributed by atoms with van der Waals surface area (Å²) in [7, 11) is 0. The van der Waals surface area contributed by atoms with Gasteiger partial charge in [0.25, 0.3) is 0 Å². The highest BCUT2D eigenvalue weighted by molar-refractivity contribution is 5.77. The second-order valence-electron chi connectivity index (χ2n) is 9.21. The molecule has 0 aliphatic heterocycles. The molecule has 0 aromatic heterocycles. The Morgan fingerprint density at radius 3 is 1.15 bits per heavy atom. The zero-order chi connectivity index (χ0) is 28.0. The lowest BCUT2D eigenvalue weighted by Crippen LogP contribution is -2.42. The van der Waals surface area contributed by atoms with Crippen LogP contribution in [-0.4, -0.2) is 55.4 Å². The number of hydrogen-bond donors (Lipinski definition) is 3. The zero-order valence-electron chi connectivity index (χ0n) is 21.7. The predicted molar refractivity (Wildman–Crippen MR) is 146 cm³/mol. The number of ether oxygens (including phenoxy) is 3. The van der Waals surface area contributed by atoms with E-state index in [-0.39, 0.29) is 32.5 Å². The fourth-order valence-corrected chi connectivity index (χ4v) is 3.79. The third-order valence-electron chi connectivity index (χ3n) is 5.91. The first kappa shape index (κ1) is 29.5. The third kappa shape index (κ3) is 10.3. The summed E-state index contributed by atoms with van der Waals surface area (Å²) in [6.45, 7) is -0.737. The van der Waals surface area contributed by atoms with Gasteiger partial charge in [-0.15, -0.1) is 0 Å². The highest BCUT2D eigenvalue weighted by atomic mass is 16.6. The predicted octanol–water partition coefficient (Wildman–Crippen LogP) is 1.69. The maximum Gasteiger partial charge on any atom is 0.323 e. The number of hydrogen-bond acceptors (Lipinski definition) is 9. The molecule has 3 aromatic carbocycles. The molecule has 0 aliphatic rings. The number of carbonyl (C=O) groups excluding carboxylic acids is 3. The largest absolute Gasteiger partial charge is 0.460 e. The third-order valence-corrected chi connectivity index (χ3v) is 5.91. The van der Waals surface area contributed by atoms with E-state index in [1.807, 2.05) is 91.0 Å². The summed E-state index contributed by atoms with van der Waals surface area (Å²) >= 11 is 0. The molecule has 0 saturated heterocycles.